The van der Waals surface area contributed by atoms with Gasteiger partial charge in [-0.15, -0.1) is 0 Å². The predicted molar refractivity (Wildman–Crippen MR) is 120 cm³/mol. The smallest absolute Gasteiger partial charge is 0.435 e. The molecular formula is C24H16Cl2F3NO3. The van der Waals surface area contributed by atoms with Crippen LogP contribution in [0.1, 0.15) is 27.9 Å². The molecule has 3 aromatic carbocycles. The van der Waals surface area contributed by atoms with Crippen LogP contribution in [0.2, 0.25) is 10.0 Å². The summed E-state index contributed by atoms with van der Waals surface area (Å²) in [6, 6.07) is 17.2. The van der Waals surface area contributed by atoms with Crippen LogP contribution in [-0.2, 0) is 15.2 Å². The Hall–Kier alpha value is -3.03. The first kappa shape index (κ1) is 23.1. The molecule has 9 heteroatoms. The molecule has 1 heterocycles. The van der Waals surface area contributed by atoms with Crippen molar-refractivity contribution in [3.05, 3.63) is 93.5 Å². The molecule has 0 fully saturated rings. The van der Waals surface area contributed by atoms with Gasteiger partial charge in [-0.2, -0.15) is 13.2 Å². The number of esters is 1. The topological polar surface area (TPSA) is 47.9 Å². The van der Waals surface area contributed by atoms with Crippen LogP contribution in [0.25, 0.3) is 11.1 Å². The first-order chi connectivity index (χ1) is 15.6. The number of carbonyl (C=O) groups excluding carboxylic acids is 1. The van der Waals surface area contributed by atoms with Gasteiger partial charge >= 0.3 is 12.1 Å². The van der Waals surface area contributed by atoms with E-state index >= 15 is 0 Å². The zero-order valence-corrected chi connectivity index (χ0v) is 18.6. The zero-order valence-electron chi connectivity index (χ0n) is 17.1. The number of hydrogen-bond donors (Lipinski definition) is 0. The van der Waals surface area contributed by atoms with Gasteiger partial charge in [-0.3, -0.25) is 0 Å². The molecule has 0 saturated heterocycles. The Morgan fingerprint density at radius 1 is 1.00 bits per heavy atom. The summed E-state index contributed by atoms with van der Waals surface area (Å²) >= 11 is 11.9. The van der Waals surface area contributed by atoms with Crippen molar-refractivity contribution in [1.82, 2.24) is 0 Å². The van der Waals surface area contributed by atoms with Gasteiger partial charge in [-0.25, -0.2) is 4.79 Å². The van der Waals surface area contributed by atoms with Crippen LogP contribution in [0.4, 0.5) is 13.2 Å². The minimum atomic E-state index is -4.77. The lowest BCUT2D eigenvalue weighted by molar-refractivity contribution is -0.275. The van der Waals surface area contributed by atoms with Crippen LogP contribution in [0.3, 0.4) is 0 Å². The Morgan fingerprint density at radius 2 is 1.61 bits per heavy atom. The summed E-state index contributed by atoms with van der Waals surface area (Å²) < 4.78 is 47.3. The van der Waals surface area contributed by atoms with Crippen LogP contribution in [0.15, 0.2) is 71.9 Å². The third-order valence-corrected chi connectivity index (χ3v) is 5.81. The molecule has 1 atom stereocenters. The molecule has 0 N–H and O–H groups in total. The number of hydrogen-bond acceptors (Lipinski definition) is 4. The van der Waals surface area contributed by atoms with E-state index in [-0.39, 0.29) is 21.3 Å². The number of halogens is 5. The van der Waals surface area contributed by atoms with Crippen molar-refractivity contribution in [2.75, 3.05) is 7.11 Å². The van der Waals surface area contributed by atoms with E-state index in [0.29, 0.717) is 22.3 Å². The highest BCUT2D eigenvalue weighted by Crippen LogP contribution is 2.49. The van der Waals surface area contributed by atoms with Crippen LogP contribution in [-0.4, -0.2) is 25.0 Å². The molecule has 4 nitrogen and oxygen atoms in total. The zero-order chi connectivity index (χ0) is 23.8. The predicted octanol–water partition coefficient (Wildman–Crippen LogP) is 7.03. The molecule has 0 amide bonds. The first-order valence-corrected chi connectivity index (χ1v) is 10.5. The number of nitrogens with zero attached hydrogens (tertiary/aromatic N) is 1. The lowest BCUT2D eigenvalue weighted by Crippen LogP contribution is -2.42. The van der Waals surface area contributed by atoms with E-state index in [9.17, 15) is 18.0 Å². The Balaban J connectivity index is 1.66. The van der Waals surface area contributed by atoms with Crippen LogP contribution in [0, 0.1) is 0 Å². The van der Waals surface area contributed by atoms with Crippen LogP contribution < -0.4 is 0 Å². The normalized spacial score (nSPS) is 17.9. The summed E-state index contributed by atoms with van der Waals surface area (Å²) in [7, 11) is 1.29. The van der Waals surface area contributed by atoms with Gasteiger partial charge in [0.2, 0.25) is 0 Å². The fourth-order valence-corrected chi connectivity index (χ4v) is 4.24. The highest BCUT2D eigenvalue weighted by molar-refractivity contribution is 6.34. The Labute approximate surface area is 197 Å². The van der Waals surface area contributed by atoms with E-state index in [1.54, 1.807) is 48.5 Å². The van der Waals surface area contributed by atoms with Gasteiger partial charge in [0, 0.05) is 22.0 Å². The van der Waals surface area contributed by atoms with E-state index in [2.05, 4.69) is 5.16 Å². The average molecular weight is 494 g/mol. The number of methoxy groups -OCH3 is 1. The molecule has 0 spiro atoms. The molecule has 33 heavy (non-hydrogen) atoms. The average Bonchev–Trinajstić information content (AvgIpc) is 3.25. The maximum Gasteiger partial charge on any atom is 0.435 e. The second kappa shape index (κ2) is 8.72. The van der Waals surface area contributed by atoms with Gasteiger partial charge in [-0.1, -0.05) is 70.8 Å². The summed E-state index contributed by atoms with van der Waals surface area (Å²) in [5, 5.41) is 3.88. The summed E-state index contributed by atoms with van der Waals surface area (Å²) in [6.07, 6.45) is -5.32. The van der Waals surface area contributed by atoms with E-state index in [4.69, 9.17) is 32.8 Å². The lowest BCUT2D eigenvalue weighted by Gasteiger charge is -2.29. The minimum Gasteiger partial charge on any atom is -0.465 e. The summed E-state index contributed by atoms with van der Waals surface area (Å²) in [5.41, 5.74) is -0.642. The first-order valence-electron chi connectivity index (χ1n) is 9.71. The molecule has 0 bridgehead atoms. The molecular weight excluding hydrogens is 478 g/mol. The van der Waals surface area contributed by atoms with E-state index < -0.39 is 24.2 Å². The van der Waals surface area contributed by atoms with Crippen LogP contribution in [0.5, 0.6) is 0 Å². The van der Waals surface area contributed by atoms with E-state index in [0.717, 1.165) is 0 Å². The molecule has 4 rings (SSSR count). The van der Waals surface area contributed by atoms with E-state index in [1.165, 1.54) is 25.3 Å². The molecule has 0 saturated carbocycles. The number of carbonyl (C=O) groups is 1. The molecule has 1 aliphatic heterocycles. The fourth-order valence-electron chi connectivity index (χ4n) is 3.71. The standard InChI is InChI=1S/C24H16Cl2F3NO3/c1-32-22(31)20-5-3-2-4-19(20)14-6-8-15(9-7-14)21-13-23(33-30-21,24(27,28)29)16-10-17(25)12-18(26)11-16/h2-12H,13H2,1H3. The van der Waals surface area contributed by atoms with Crippen molar-refractivity contribution in [3.8, 4) is 11.1 Å². The fraction of sp³-hybridized carbons (Fsp3) is 0.167. The minimum absolute atomic E-state index is 0.0619. The highest BCUT2D eigenvalue weighted by Gasteiger charge is 2.62. The van der Waals surface area contributed by atoms with Crippen molar-refractivity contribution in [3.63, 3.8) is 0 Å². The molecule has 0 radical (unpaired) electrons. The maximum atomic E-state index is 14.2. The number of alkyl halides is 3. The van der Waals surface area contributed by atoms with Gasteiger partial charge in [0.1, 0.15) is 0 Å². The largest absolute Gasteiger partial charge is 0.465 e. The lowest BCUT2D eigenvalue weighted by atomic mass is 9.86. The van der Waals surface area contributed by atoms with Gasteiger partial charge in [0.25, 0.3) is 5.60 Å². The van der Waals surface area contributed by atoms with Crippen LogP contribution >= 0.6 is 23.2 Å². The monoisotopic (exact) mass is 493 g/mol. The van der Waals surface area contributed by atoms with Gasteiger partial charge in [0.15, 0.2) is 0 Å². The molecule has 1 unspecified atom stereocenters. The third kappa shape index (κ3) is 4.30. The second-order valence-corrected chi connectivity index (χ2v) is 8.28. The maximum absolute atomic E-state index is 14.2. The molecule has 3 aromatic rings. The van der Waals surface area contributed by atoms with Crippen molar-refractivity contribution in [2.45, 2.75) is 18.2 Å². The van der Waals surface area contributed by atoms with Gasteiger partial charge in [-0.05, 0) is 41.0 Å². The van der Waals surface area contributed by atoms with Crippen molar-refractivity contribution >= 4 is 34.9 Å². The highest BCUT2D eigenvalue weighted by atomic mass is 35.5. The molecule has 170 valence electrons. The Bertz CT molecular complexity index is 1220. The summed E-state index contributed by atoms with van der Waals surface area (Å²) in [5.74, 6) is -0.488. The summed E-state index contributed by atoms with van der Waals surface area (Å²) in [4.78, 5) is 17.1. The van der Waals surface area contributed by atoms with E-state index in [1.807, 2.05) is 0 Å². The van der Waals surface area contributed by atoms with Gasteiger partial charge < -0.3 is 9.57 Å². The quantitative estimate of drug-likeness (QED) is 0.366. The molecule has 0 aromatic heterocycles. The SMILES string of the molecule is COC(=O)c1ccccc1-c1ccc(C2=NOC(c3cc(Cl)cc(Cl)c3)(C(F)(F)F)C2)cc1. The number of ether oxygens (including phenoxy) is 1. The van der Waals surface area contributed by atoms with Crippen molar-refractivity contribution < 1.29 is 27.5 Å². The van der Waals surface area contributed by atoms with Gasteiger partial charge in [0.05, 0.1) is 18.4 Å². The van der Waals surface area contributed by atoms with Crippen molar-refractivity contribution in [1.29, 1.82) is 0 Å². The number of rotatable bonds is 4. The third-order valence-electron chi connectivity index (χ3n) is 5.38. The Kier molecular flexibility index (Phi) is 6.12. The number of oxime groups is 1. The van der Waals surface area contributed by atoms with Crippen molar-refractivity contribution in [2.24, 2.45) is 5.16 Å². The summed E-state index contributed by atoms with van der Waals surface area (Å²) in [6.45, 7) is 0. The Morgan fingerprint density at radius 3 is 2.21 bits per heavy atom. The molecule has 1 aliphatic rings. The number of benzene rings is 3. The second-order valence-electron chi connectivity index (χ2n) is 7.40. The molecule has 0 aliphatic carbocycles.